The van der Waals surface area contributed by atoms with Gasteiger partial charge in [-0.2, -0.15) is 0 Å². The second-order valence-electron chi connectivity index (χ2n) is 6.27. The summed E-state index contributed by atoms with van der Waals surface area (Å²) >= 11 is 0. The maximum absolute atomic E-state index is 11.4. The molecule has 1 aromatic rings. The lowest BCUT2D eigenvalue weighted by Gasteiger charge is -2.25. The molecule has 138 valence electrons. The first-order valence-corrected chi connectivity index (χ1v) is 9.25. The second kappa shape index (κ2) is 11.0. The van der Waals surface area contributed by atoms with Crippen LogP contribution in [-0.4, -0.2) is 55.4 Å². The Bertz CT molecular complexity index is 542. The quantitative estimate of drug-likeness (QED) is 0.387. The zero-order valence-corrected chi connectivity index (χ0v) is 15.1. The van der Waals surface area contributed by atoms with E-state index in [0.717, 1.165) is 38.2 Å². The molecule has 1 saturated heterocycles. The fraction of sp³-hybridized carbons (Fsp3) is 0.550. The number of hydrogen-bond acceptors (Lipinski definition) is 5. The summed E-state index contributed by atoms with van der Waals surface area (Å²) in [6.07, 6.45) is 6.49. The Hall–Kier alpha value is -1.69. The Morgan fingerprint density at radius 2 is 2.16 bits per heavy atom. The lowest BCUT2D eigenvalue weighted by molar-refractivity contribution is -0.137. The van der Waals surface area contributed by atoms with Gasteiger partial charge >= 0.3 is 5.97 Å². The van der Waals surface area contributed by atoms with Crippen molar-refractivity contribution in [3.05, 3.63) is 41.5 Å². The van der Waals surface area contributed by atoms with Crippen molar-refractivity contribution in [2.45, 2.75) is 32.2 Å². The number of esters is 1. The fourth-order valence-corrected chi connectivity index (χ4v) is 3.21. The molecule has 5 nitrogen and oxygen atoms in total. The van der Waals surface area contributed by atoms with Gasteiger partial charge in [0.05, 0.1) is 6.61 Å². The molecule has 0 saturated carbocycles. The highest BCUT2D eigenvalue weighted by atomic mass is 16.5. The van der Waals surface area contributed by atoms with Gasteiger partial charge in [0.2, 0.25) is 0 Å². The number of hydrogen-bond donors (Lipinski definition) is 2. The zero-order chi connectivity index (χ0) is 17.9. The van der Waals surface area contributed by atoms with Crippen LogP contribution in [-0.2, 0) is 9.53 Å². The van der Waals surface area contributed by atoms with E-state index in [0.29, 0.717) is 12.6 Å². The van der Waals surface area contributed by atoms with Gasteiger partial charge in [-0.05, 0) is 56.5 Å². The van der Waals surface area contributed by atoms with E-state index in [2.05, 4.69) is 34.5 Å². The molecule has 0 radical (unpaired) electrons. The van der Waals surface area contributed by atoms with Crippen LogP contribution in [0, 0.1) is 0 Å². The van der Waals surface area contributed by atoms with Crippen molar-refractivity contribution in [1.82, 2.24) is 10.2 Å². The Morgan fingerprint density at radius 3 is 2.88 bits per heavy atom. The van der Waals surface area contributed by atoms with E-state index < -0.39 is 0 Å². The molecule has 1 atom stereocenters. The molecule has 2 rings (SSSR count). The molecule has 1 heterocycles. The molecule has 0 unspecified atom stereocenters. The van der Waals surface area contributed by atoms with Crippen LogP contribution in [0.1, 0.15) is 43.4 Å². The Balaban J connectivity index is 1.86. The van der Waals surface area contributed by atoms with Crippen molar-refractivity contribution in [2.24, 2.45) is 0 Å². The third-order valence-electron chi connectivity index (χ3n) is 4.47. The summed E-state index contributed by atoms with van der Waals surface area (Å²) in [5.41, 5.74) is 2.34. The van der Waals surface area contributed by atoms with E-state index in [9.17, 15) is 4.79 Å². The Kier molecular flexibility index (Phi) is 8.66. The molecule has 0 aliphatic carbocycles. The lowest BCUT2D eigenvalue weighted by atomic mass is 10.0. The maximum Gasteiger partial charge on any atom is 0.330 e. The van der Waals surface area contributed by atoms with E-state index in [4.69, 9.17) is 9.84 Å². The van der Waals surface area contributed by atoms with Gasteiger partial charge in [-0.25, -0.2) is 4.79 Å². The summed E-state index contributed by atoms with van der Waals surface area (Å²) in [6.45, 7) is 6.44. The predicted octanol–water partition coefficient (Wildman–Crippen LogP) is 2.37. The van der Waals surface area contributed by atoms with Crippen LogP contribution in [0.2, 0.25) is 0 Å². The third-order valence-corrected chi connectivity index (χ3v) is 4.47. The van der Waals surface area contributed by atoms with Crippen LogP contribution < -0.4 is 5.32 Å². The van der Waals surface area contributed by atoms with Gasteiger partial charge in [0.15, 0.2) is 0 Å². The standard InChI is InChI=1S/C20H30N2O3/c1-2-25-20(24)11-8-17-6-9-18(10-7-17)19-5-3-14-22(19)15-13-21-12-4-16-23/h6-11,19,21,23H,2-5,12-16H2,1H3/b11-8+/t19-/m1/s1. The fourth-order valence-electron chi connectivity index (χ4n) is 3.21. The number of ether oxygens (including phenoxy) is 1. The summed E-state index contributed by atoms with van der Waals surface area (Å²) in [6, 6.07) is 8.91. The summed E-state index contributed by atoms with van der Waals surface area (Å²) < 4.78 is 4.89. The average molecular weight is 346 g/mol. The normalized spacial score (nSPS) is 18.1. The van der Waals surface area contributed by atoms with E-state index in [1.807, 2.05) is 0 Å². The number of aliphatic hydroxyl groups excluding tert-OH is 1. The topological polar surface area (TPSA) is 61.8 Å². The largest absolute Gasteiger partial charge is 0.463 e. The van der Waals surface area contributed by atoms with Gasteiger partial charge in [-0.1, -0.05) is 24.3 Å². The molecular formula is C20H30N2O3. The van der Waals surface area contributed by atoms with Crippen molar-refractivity contribution < 1.29 is 14.6 Å². The molecule has 1 fully saturated rings. The number of benzene rings is 1. The molecule has 1 aromatic carbocycles. The molecule has 2 N–H and O–H groups in total. The van der Waals surface area contributed by atoms with Crippen LogP contribution in [0.4, 0.5) is 0 Å². The first kappa shape index (κ1) is 19.6. The summed E-state index contributed by atoms with van der Waals surface area (Å²) in [4.78, 5) is 13.9. The number of nitrogens with one attached hydrogen (secondary N) is 1. The van der Waals surface area contributed by atoms with E-state index >= 15 is 0 Å². The molecule has 0 bridgehead atoms. The maximum atomic E-state index is 11.4. The van der Waals surface area contributed by atoms with E-state index in [-0.39, 0.29) is 12.6 Å². The minimum atomic E-state index is -0.303. The van der Waals surface area contributed by atoms with Crippen molar-refractivity contribution in [3.63, 3.8) is 0 Å². The first-order chi connectivity index (χ1) is 12.2. The lowest BCUT2D eigenvalue weighted by Crippen LogP contribution is -2.32. The Labute approximate surface area is 150 Å². The predicted molar refractivity (Wildman–Crippen MR) is 100 cm³/mol. The van der Waals surface area contributed by atoms with Gasteiger partial charge in [0, 0.05) is 31.8 Å². The smallest absolute Gasteiger partial charge is 0.330 e. The third kappa shape index (κ3) is 6.61. The van der Waals surface area contributed by atoms with Gasteiger partial charge < -0.3 is 15.2 Å². The van der Waals surface area contributed by atoms with Crippen LogP contribution in [0.15, 0.2) is 30.3 Å². The molecule has 25 heavy (non-hydrogen) atoms. The molecule has 1 aliphatic heterocycles. The van der Waals surface area contributed by atoms with Crippen molar-refractivity contribution in [2.75, 3.05) is 39.4 Å². The molecule has 0 amide bonds. The highest BCUT2D eigenvalue weighted by Gasteiger charge is 2.25. The monoisotopic (exact) mass is 346 g/mol. The Morgan fingerprint density at radius 1 is 1.36 bits per heavy atom. The number of nitrogens with zero attached hydrogens (tertiary/aromatic N) is 1. The van der Waals surface area contributed by atoms with Crippen LogP contribution in [0.5, 0.6) is 0 Å². The highest BCUT2D eigenvalue weighted by Crippen LogP contribution is 2.31. The number of carbonyl (C=O) groups excluding carboxylic acids is 1. The zero-order valence-electron chi connectivity index (χ0n) is 15.1. The number of carbonyl (C=O) groups is 1. The second-order valence-corrected chi connectivity index (χ2v) is 6.27. The average Bonchev–Trinajstić information content (AvgIpc) is 3.09. The number of likely N-dealkylation sites (tertiary alicyclic amines) is 1. The van der Waals surface area contributed by atoms with Gasteiger partial charge in [0.1, 0.15) is 0 Å². The van der Waals surface area contributed by atoms with Crippen LogP contribution >= 0.6 is 0 Å². The van der Waals surface area contributed by atoms with Gasteiger partial charge in [0.25, 0.3) is 0 Å². The number of rotatable bonds is 10. The molecule has 1 aliphatic rings. The highest BCUT2D eigenvalue weighted by molar-refractivity contribution is 5.87. The van der Waals surface area contributed by atoms with Crippen molar-refractivity contribution in [3.8, 4) is 0 Å². The molecule has 0 aromatic heterocycles. The summed E-state index contributed by atoms with van der Waals surface area (Å²) in [5, 5.41) is 12.2. The number of aliphatic hydroxyl groups is 1. The first-order valence-electron chi connectivity index (χ1n) is 9.25. The molecule has 0 spiro atoms. The van der Waals surface area contributed by atoms with E-state index in [1.54, 1.807) is 13.0 Å². The van der Waals surface area contributed by atoms with Gasteiger partial charge in [-0.3, -0.25) is 4.90 Å². The minimum absolute atomic E-state index is 0.246. The summed E-state index contributed by atoms with van der Waals surface area (Å²) in [5.74, 6) is -0.303. The molecular weight excluding hydrogens is 316 g/mol. The van der Waals surface area contributed by atoms with Crippen molar-refractivity contribution >= 4 is 12.0 Å². The van der Waals surface area contributed by atoms with Crippen LogP contribution in [0.3, 0.4) is 0 Å². The SMILES string of the molecule is CCOC(=O)/C=C/c1ccc([C@H]2CCCN2CCNCCCO)cc1. The van der Waals surface area contributed by atoms with E-state index in [1.165, 1.54) is 24.5 Å². The van der Waals surface area contributed by atoms with Crippen molar-refractivity contribution in [1.29, 1.82) is 0 Å². The van der Waals surface area contributed by atoms with Crippen LogP contribution in [0.25, 0.3) is 6.08 Å². The van der Waals surface area contributed by atoms with Gasteiger partial charge in [-0.15, -0.1) is 0 Å². The summed E-state index contributed by atoms with van der Waals surface area (Å²) in [7, 11) is 0. The minimum Gasteiger partial charge on any atom is -0.463 e. The molecule has 5 heteroatoms.